The molecule has 2 fully saturated rings. The smallest absolute Gasteiger partial charge is 0.337 e. The lowest BCUT2D eigenvalue weighted by atomic mass is 9.86. The van der Waals surface area contributed by atoms with E-state index in [1.807, 2.05) is 16.7 Å². The second-order valence-corrected chi connectivity index (χ2v) is 11.7. The van der Waals surface area contributed by atoms with Crippen LogP contribution in [-0.4, -0.2) is 56.3 Å². The third kappa shape index (κ3) is 5.39. The number of carboxylic acid groups (broad SMARTS) is 1. The highest BCUT2D eigenvalue weighted by molar-refractivity contribution is 6.30. The van der Waals surface area contributed by atoms with Crippen LogP contribution in [0.15, 0.2) is 54.7 Å². The molecular formula is C32H29ClF2N4O4. The van der Waals surface area contributed by atoms with E-state index in [1.165, 1.54) is 24.4 Å². The number of likely N-dealkylation sites (tertiary alicyclic amines) is 1. The second kappa shape index (κ2) is 11.3. The van der Waals surface area contributed by atoms with Gasteiger partial charge in [-0.05, 0) is 74.2 Å². The molecule has 2 aromatic heterocycles. The van der Waals surface area contributed by atoms with Crippen LogP contribution in [0.5, 0.6) is 5.75 Å². The molecular weight excluding hydrogens is 578 g/mol. The van der Waals surface area contributed by atoms with Crippen molar-refractivity contribution < 1.29 is 28.2 Å². The Labute approximate surface area is 251 Å². The van der Waals surface area contributed by atoms with Crippen LogP contribution in [0.25, 0.3) is 17.0 Å². The summed E-state index contributed by atoms with van der Waals surface area (Å²) < 4.78 is 43.9. The molecule has 222 valence electrons. The third-order valence-corrected chi connectivity index (χ3v) is 8.85. The molecule has 11 heteroatoms. The Hall–Kier alpha value is -3.86. The molecule has 0 saturated carbocycles. The van der Waals surface area contributed by atoms with Gasteiger partial charge < -0.3 is 19.1 Å². The van der Waals surface area contributed by atoms with E-state index in [9.17, 15) is 14.3 Å². The Morgan fingerprint density at radius 3 is 2.63 bits per heavy atom. The van der Waals surface area contributed by atoms with E-state index in [4.69, 9.17) is 26.1 Å². The zero-order valence-corrected chi connectivity index (χ0v) is 23.9. The Balaban J connectivity index is 1.10. The minimum atomic E-state index is -1.03. The lowest BCUT2D eigenvalue weighted by Crippen LogP contribution is -2.35. The molecule has 0 spiro atoms. The van der Waals surface area contributed by atoms with Gasteiger partial charge in [-0.15, -0.1) is 0 Å². The Bertz CT molecular complexity index is 1750. The number of piperidine rings is 1. The van der Waals surface area contributed by atoms with Crippen molar-refractivity contribution in [2.24, 2.45) is 0 Å². The first kappa shape index (κ1) is 27.9. The first-order valence-corrected chi connectivity index (χ1v) is 14.8. The van der Waals surface area contributed by atoms with Gasteiger partial charge in [0.1, 0.15) is 29.3 Å². The van der Waals surface area contributed by atoms with Gasteiger partial charge >= 0.3 is 5.97 Å². The Morgan fingerprint density at radius 1 is 1.09 bits per heavy atom. The molecule has 0 bridgehead atoms. The van der Waals surface area contributed by atoms with Crippen molar-refractivity contribution in [3.63, 3.8) is 0 Å². The van der Waals surface area contributed by atoms with Gasteiger partial charge in [0.15, 0.2) is 5.65 Å². The zero-order chi connectivity index (χ0) is 29.7. The number of rotatable bonds is 7. The normalized spacial score (nSPS) is 20.8. The molecule has 2 saturated heterocycles. The summed E-state index contributed by atoms with van der Waals surface area (Å²) in [5.41, 5.74) is 2.86. The third-order valence-electron chi connectivity index (χ3n) is 8.62. The summed E-state index contributed by atoms with van der Waals surface area (Å²) in [6.07, 6.45) is 4.39. The standard InChI is InChI=1S/C32H29ClF2N4O4/c33-20-4-5-23(25(34)13-20)28-14-26(35)24-3-1-2-22(30(24)43-28)18-6-9-38(10-7-18)17-29-37-31-27(12-19(15-36-31)32(40)41)39(29)16-21-8-11-42-21/h1-5,12-15,18,21,28H,6-11,16-17H2,(H,40,41). The van der Waals surface area contributed by atoms with E-state index < -0.39 is 23.7 Å². The molecule has 2 unspecified atom stereocenters. The van der Waals surface area contributed by atoms with Crippen LogP contribution in [-0.2, 0) is 17.8 Å². The molecule has 3 aliphatic heterocycles. The maximum Gasteiger partial charge on any atom is 0.337 e. The van der Waals surface area contributed by atoms with Crippen LogP contribution in [0.2, 0.25) is 5.02 Å². The number of carboxylic acids is 1. The summed E-state index contributed by atoms with van der Waals surface area (Å²) in [4.78, 5) is 23.0. The monoisotopic (exact) mass is 606 g/mol. The van der Waals surface area contributed by atoms with Gasteiger partial charge in [0, 0.05) is 23.4 Å². The van der Waals surface area contributed by atoms with E-state index in [0.717, 1.165) is 50.3 Å². The number of pyridine rings is 1. The molecule has 0 radical (unpaired) electrons. The van der Waals surface area contributed by atoms with Crippen molar-refractivity contribution in [2.75, 3.05) is 19.7 Å². The molecule has 43 heavy (non-hydrogen) atoms. The van der Waals surface area contributed by atoms with Gasteiger partial charge in [-0.2, -0.15) is 0 Å². The number of nitrogens with zero attached hydrogens (tertiary/aromatic N) is 4. The summed E-state index contributed by atoms with van der Waals surface area (Å²) in [6, 6.07) is 11.4. The number of imidazole rings is 1. The predicted molar refractivity (Wildman–Crippen MR) is 156 cm³/mol. The van der Waals surface area contributed by atoms with E-state index in [-0.39, 0.29) is 28.2 Å². The van der Waals surface area contributed by atoms with Crippen molar-refractivity contribution in [2.45, 2.75) is 50.5 Å². The van der Waals surface area contributed by atoms with Crippen molar-refractivity contribution in [1.82, 2.24) is 19.4 Å². The number of carbonyl (C=O) groups is 1. The summed E-state index contributed by atoms with van der Waals surface area (Å²) in [6.45, 7) is 3.45. The molecule has 1 N–H and O–H groups in total. The van der Waals surface area contributed by atoms with E-state index in [1.54, 1.807) is 18.2 Å². The van der Waals surface area contributed by atoms with Crippen molar-refractivity contribution in [3.05, 3.63) is 93.7 Å². The second-order valence-electron chi connectivity index (χ2n) is 11.3. The average Bonchev–Trinajstić information content (AvgIpc) is 3.31. The molecule has 0 amide bonds. The van der Waals surface area contributed by atoms with Gasteiger partial charge in [-0.1, -0.05) is 29.8 Å². The van der Waals surface area contributed by atoms with E-state index in [2.05, 4.69) is 9.88 Å². The molecule has 0 aliphatic carbocycles. The van der Waals surface area contributed by atoms with Crippen molar-refractivity contribution in [3.8, 4) is 5.75 Å². The highest BCUT2D eigenvalue weighted by Gasteiger charge is 2.31. The predicted octanol–water partition coefficient (Wildman–Crippen LogP) is 6.53. The first-order valence-electron chi connectivity index (χ1n) is 14.4. The molecule has 8 nitrogen and oxygen atoms in total. The first-order chi connectivity index (χ1) is 20.8. The van der Waals surface area contributed by atoms with Crippen LogP contribution in [0.4, 0.5) is 8.78 Å². The Morgan fingerprint density at radius 2 is 1.91 bits per heavy atom. The largest absolute Gasteiger partial charge is 0.480 e. The summed E-state index contributed by atoms with van der Waals surface area (Å²) in [7, 11) is 0. The lowest BCUT2D eigenvalue weighted by Gasteiger charge is -2.34. The fourth-order valence-corrected chi connectivity index (χ4v) is 6.35. The Kier molecular flexibility index (Phi) is 7.36. The number of hydrogen-bond donors (Lipinski definition) is 1. The molecule has 7 rings (SSSR count). The fraction of sp³-hybridized carbons (Fsp3) is 0.344. The number of benzene rings is 2. The van der Waals surface area contributed by atoms with Gasteiger partial charge in [-0.3, -0.25) is 4.90 Å². The minimum absolute atomic E-state index is 0.0687. The quantitative estimate of drug-likeness (QED) is 0.256. The molecule has 5 heterocycles. The number of para-hydroxylation sites is 1. The number of aromatic nitrogens is 3. The van der Waals surface area contributed by atoms with Gasteiger partial charge in [0.05, 0.1) is 35.8 Å². The topological polar surface area (TPSA) is 89.7 Å². The van der Waals surface area contributed by atoms with Crippen LogP contribution in [0, 0.1) is 5.82 Å². The lowest BCUT2D eigenvalue weighted by molar-refractivity contribution is -0.0592. The number of ether oxygens (including phenoxy) is 2. The molecule has 2 aromatic carbocycles. The van der Waals surface area contributed by atoms with Crippen LogP contribution < -0.4 is 4.74 Å². The number of hydrogen-bond acceptors (Lipinski definition) is 6. The maximum atomic E-state index is 15.3. The minimum Gasteiger partial charge on any atom is -0.480 e. The fourth-order valence-electron chi connectivity index (χ4n) is 6.19. The summed E-state index contributed by atoms with van der Waals surface area (Å²) in [5, 5.41) is 9.75. The van der Waals surface area contributed by atoms with Crippen LogP contribution in [0.1, 0.15) is 64.2 Å². The number of aromatic carboxylic acids is 1. The van der Waals surface area contributed by atoms with Crippen LogP contribution >= 0.6 is 11.6 Å². The molecule has 4 aromatic rings. The van der Waals surface area contributed by atoms with Crippen LogP contribution in [0.3, 0.4) is 0 Å². The number of halogens is 3. The summed E-state index contributed by atoms with van der Waals surface area (Å²) in [5.74, 6) is -0.594. The average molecular weight is 607 g/mol. The van der Waals surface area contributed by atoms with Gasteiger partial charge in [0.25, 0.3) is 0 Å². The van der Waals surface area contributed by atoms with Gasteiger partial charge in [-0.25, -0.2) is 23.5 Å². The van der Waals surface area contributed by atoms with Crippen molar-refractivity contribution >= 4 is 34.6 Å². The summed E-state index contributed by atoms with van der Waals surface area (Å²) >= 11 is 5.92. The van der Waals surface area contributed by atoms with E-state index >= 15 is 4.39 Å². The highest BCUT2D eigenvalue weighted by Crippen LogP contribution is 2.45. The SMILES string of the molecule is O=C(O)c1cnc2nc(CN3CCC(c4cccc5c4OC(c4ccc(Cl)cc4F)C=C5F)CC3)n(CC3CCO3)c2c1. The molecule has 3 aliphatic rings. The van der Waals surface area contributed by atoms with E-state index in [0.29, 0.717) is 35.6 Å². The highest BCUT2D eigenvalue weighted by atomic mass is 35.5. The maximum absolute atomic E-state index is 15.3. The zero-order valence-electron chi connectivity index (χ0n) is 23.2. The number of fused-ring (bicyclic) bond motifs is 2. The molecule has 2 atom stereocenters. The van der Waals surface area contributed by atoms with Gasteiger partial charge in [0.2, 0.25) is 0 Å². The van der Waals surface area contributed by atoms with Crippen molar-refractivity contribution in [1.29, 1.82) is 0 Å².